The third-order valence-electron chi connectivity index (χ3n) is 5.78. The average Bonchev–Trinajstić information content (AvgIpc) is 3.10. The number of benzene rings is 3. The van der Waals surface area contributed by atoms with E-state index in [9.17, 15) is 13.2 Å². The highest BCUT2D eigenvalue weighted by molar-refractivity contribution is 7.92. The number of ether oxygens (including phenoxy) is 1. The second kappa shape index (κ2) is 7.56. The van der Waals surface area contributed by atoms with E-state index in [0.717, 1.165) is 34.6 Å². The number of carbonyl (C=O) groups is 1. The lowest BCUT2D eigenvalue weighted by Gasteiger charge is -2.33. The summed E-state index contributed by atoms with van der Waals surface area (Å²) in [6.45, 7) is 2.86. The van der Waals surface area contributed by atoms with Crippen molar-refractivity contribution >= 4 is 49.1 Å². The van der Waals surface area contributed by atoms with E-state index in [1.807, 2.05) is 30.3 Å². The minimum atomic E-state index is -3.56. The molecule has 7 nitrogen and oxygen atoms in total. The summed E-state index contributed by atoms with van der Waals surface area (Å²) in [5.74, 6) is -0.0301. The van der Waals surface area contributed by atoms with Crippen LogP contribution >= 0.6 is 0 Å². The Morgan fingerprint density at radius 3 is 2.53 bits per heavy atom. The van der Waals surface area contributed by atoms with Gasteiger partial charge < -0.3 is 14.6 Å². The van der Waals surface area contributed by atoms with Gasteiger partial charge in [-0.2, -0.15) is 0 Å². The Morgan fingerprint density at radius 1 is 1.03 bits per heavy atom. The minimum Gasteiger partial charge on any atom is -0.476 e. The Morgan fingerprint density at radius 2 is 1.75 bits per heavy atom. The van der Waals surface area contributed by atoms with Crippen LogP contribution in [0.5, 0.6) is 5.75 Å². The van der Waals surface area contributed by atoms with Crippen LogP contribution in [0.4, 0.5) is 11.4 Å². The van der Waals surface area contributed by atoms with Gasteiger partial charge in [-0.15, -0.1) is 0 Å². The maximum Gasteiger partial charge on any atom is 0.267 e. The Bertz CT molecular complexity index is 1460. The summed E-state index contributed by atoms with van der Waals surface area (Å²) in [6.07, 6.45) is 0.161. The number of sulfonamides is 1. The Kier molecular flexibility index (Phi) is 4.82. The van der Waals surface area contributed by atoms with Gasteiger partial charge in [0, 0.05) is 34.0 Å². The molecule has 2 heterocycles. The van der Waals surface area contributed by atoms with E-state index >= 15 is 0 Å². The third-order valence-corrected chi connectivity index (χ3v) is 6.93. The van der Waals surface area contributed by atoms with Gasteiger partial charge in [0.1, 0.15) is 5.75 Å². The van der Waals surface area contributed by atoms with Crippen molar-refractivity contribution in [3.63, 3.8) is 0 Å². The first kappa shape index (κ1) is 20.4. The largest absolute Gasteiger partial charge is 0.476 e. The molecule has 0 spiro atoms. The van der Waals surface area contributed by atoms with Gasteiger partial charge in [-0.1, -0.05) is 30.3 Å². The number of hydrogen-bond donors (Lipinski definition) is 1. The lowest BCUT2D eigenvalue weighted by molar-refractivity contribution is -0.122. The number of hydrogen-bond acceptors (Lipinski definition) is 4. The Hall–Kier alpha value is -3.52. The topological polar surface area (TPSA) is 80.6 Å². The van der Waals surface area contributed by atoms with Crippen molar-refractivity contribution in [2.45, 2.75) is 19.6 Å². The van der Waals surface area contributed by atoms with Crippen molar-refractivity contribution in [3.8, 4) is 5.75 Å². The van der Waals surface area contributed by atoms with Crippen molar-refractivity contribution in [3.05, 3.63) is 66.7 Å². The number of aryl methyl sites for hydroxylation is 1. The summed E-state index contributed by atoms with van der Waals surface area (Å²) >= 11 is 0. The fourth-order valence-electron chi connectivity index (χ4n) is 4.35. The smallest absolute Gasteiger partial charge is 0.267 e. The van der Waals surface area contributed by atoms with Crippen molar-refractivity contribution in [1.29, 1.82) is 0 Å². The first-order chi connectivity index (χ1) is 15.4. The lowest BCUT2D eigenvalue weighted by atomic mass is 10.1. The molecular formula is C24H23N3O4S. The number of rotatable bonds is 4. The van der Waals surface area contributed by atoms with Crippen LogP contribution < -0.4 is 14.4 Å². The molecule has 1 N–H and O–H groups in total. The molecule has 1 aliphatic heterocycles. The van der Waals surface area contributed by atoms with Gasteiger partial charge in [0.05, 0.1) is 18.5 Å². The molecule has 0 bridgehead atoms. The summed E-state index contributed by atoms with van der Waals surface area (Å²) in [6, 6.07) is 20.8. The highest BCUT2D eigenvalue weighted by Crippen LogP contribution is 2.35. The number of para-hydroxylation sites is 3. The van der Waals surface area contributed by atoms with E-state index in [1.165, 1.54) is 4.31 Å². The van der Waals surface area contributed by atoms with Gasteiger partial charge in [-0.05, 0) is 43.3 Å². The summed E-state index contributed by atoms with van der Waals surface area (Å²) < 4.78 is 33.9. The Labute approximate surface area is 186 Å². The summed E-state index contributed by atoms with van der Waals surface area (Å²) in [5.41, 5.74) is 3.31. The van der Waals surface area contributed by atoms with E-state index < -0.39 is 22.0 Å². The SMILES string of the molecule is CCn1c2ccccc2c2cc(NC(=O)[C@H]3CN(S(C)(=O)=O)c4ccccc4O3)ccc21. The molecule has 0 aliphatic carbocycles. The van der Waals surface area contributed by atoms with Crippen molar-refractivity contribution in [2.24, 2.45) is 0 Å². The number of amides is 1. The quantitative estimate of drug-likeness (QED) is 0.511. The van der Waals surface area contributed by atoms with Crippen molar-refractivity contribution in [2.75, 3.05) is 22.4 Å². The van der Waals surface area contributed by atoms with E-state index in [0.29, 0.717) is 17.1 Å². The van der Waals surface area contributed by atoms with Gasteiger partial charge in [0.2, 0.25) is 10.0 Å². The molecule has 0 radical (unpaired) electrons. The van der Waals surface area contributed by atoms with Crippen molar-refractivity contribution < 1.29 is 17.9 Å². The van der Waals surface area contributed by atoms with Crippen molar-refractivity contribution in [1.82, 2.24) is 4.57 Å². The number of anilines is 2. The van der Waals surface area contributed by atoms with Crippen LogP contribution in [0.2, 0.25) is 0 Å². The molecule has 5 rings (SSSR count). The zero-order chi connectivity index (χ0) is 22.5. The molecule has 32 heavy (non-hydrogen) atoms. The predicted molar refractivity (Wildman–Crippen MR) is 127 cm³/mol. The lowest BCUT2D eigenvalue weighted by Crippen LogP contribution is -2.48. The molecule has 4 aromatic rings. The zero-order valence-corrected chi connectivity index (χ0v) is 18.6. The highest BCUT2D eigenvalue weighted by Gasteiger charge is 2.34. The second-order valence-corrected chi connectivity index (χ2v) is 9.76. The number of nitrogens with zero attached hydrogens (tertiary/aromatic N) is 2. The first-order valence-corrected chi connectivity index (χ1v) is 12.3. The number of nitrogens with one attached hydrogen (secondary N) is 1. The molecule has 8 heteroatoms. The van der Waals surface area contributed by atoms with Crippen LogP contribution in [0.25, 0.3) is 21.8 Å². The molecule has 1 amide bonds. The maximum atomic E-state index is 13.0. The van der Waals surface area contributed by atoms with E-state index in [-0.39, 0.29) is 6.54 Å². The summed E-state index contributed by atoms with van der Waals surface area (Å²) in [7, 11) is -3.56. The van der Waals surface area contributed by atoms with Gasteiger partial charge in [-0.3, -0.25) is 9.10 Å². The summed E-state index contributed by atoms with van der Waals surface area (Å²) in [4.78, 5) is 13.0. The molecule has 1 atom stereocenters. The fourth-order valence-corrected chi connectivity index (χ4v) is 5.26. The average molecular weight is 450 g/mol. The molecule has 1 aliphatic rings. The van der Waals surface area contributed by atoms with E-state index in [1.54, 1.807) is 24.3 Å². The molecule has 164 valence electrons. The van der Waals surface area contributed by atoms with E-state index in [4.69, 9.17) is 4.74 Å². The first-order valence-electron chi connectivity index (χ1n) is 10.4. The van der Waals surface area contributed by atoms with Crippen LogP contribution in [0.1, 0.15) is 6.92 Å². The standard InChI is InChI=1S/C24H23N3O4S/c1-3-26-19-9-5-4-8-17(19)18-14-16(12-13-20(18)26)25-24(28)23-15-27(32(2,29)30)21-10-6-7-11-22(21)31-23/h4-14,23H,3,15H2,1-2H3,(H,25,28)/t23-/m1/s1. The molecule has 1 aromatic heterocycles. The molecule has 3 aromatic carbocycles. The predicted octanol–water partition coefficient (Wildman–Crippen LogP) is 3.98. The third kappa shape index (κ3) is 3.36. The van der Waals surface area contributed by atoms with Gasteiger partial charge >= 0.3 is 0 Å². The van der Waals surface area contributed by atoms with Crippen LogP contribution in [0, 0.1) is 0 Å². The van der Waals surface area contributed by atoms with Crippen LogP contribution in [0.15, 0.2) is 66.7 Å². The van der Waals surface area contributed by atoms with Gasteiger partial charge in [-0.25, -0.2) is 8.42 Å². The number of fused-ring (bicyclic) bond motifs is 4. The maximum absolute atomic E-state index is 13.0. The molecule has 0 fully saturated rings. The highest BCUT2D eigenvalue weighted by atomic mass is 32.2. The molecule has 0 saturated carbocycles. The Balaban J connectivity index is 1.47. The zero-order valence-electron chi connectivity index (χ0n) is 17.8. The van der Waals surface area contributed by atoms with E-state index in [2.05, 4.69) is 28.9 Å². The minimum absolute atomic E-state index is 0.0843. The number of carbonyl (C=O) groups excluding carboxylic acids is 1. The summed E-state index contributed by atoms with van der Waals surface area (Å²) in [5, 5.41) is 5.07. The van der Waals surface area contributed by atoms with Crippen LogP contribution in [-0.4, -0.2) is 37.8 Å². The molecule has 0 unspecified atom stereocenters. The van der Waals surface area contributed by atoms with Gasteiger partial charge in [0.25, 0.3) is 5.91 Å². The van der Waals surface area contributed by atoms with Gasteiger partial charge in [0.15, 0.2) is 6.10 Å². The fraction of sp³-hybridized carbons (Fsp3) is 0.208. The monoisotopic (exact) mass is 449 g/mol. The van der Waals surface area contributed by atoms with Crippen LogP contribution in [-0.2, 0) is 21.4 Å². The number of aromatic nitrogens is 1. The molecular weight excluding hydrogens is 426 g/mol. The normalized spacial score (nSPS) is 16.1. The second-order valence-electron chi connectivity index (χ2n) is 7.85. The molecule has 0 saturated heterocycles. The van der Waals surface area contributed by atoms with Crippen LogP contribution in [0.3, 0.4) is 0 Å².